The van der Waals surface area contributed by atoms with Crippen molar-refractivity contribution in [2.45, 2.75) is 13.3 Å². The van der Waals surface area contributed by atoms with Gasteiger partial charge >= 0.3 is 0 Å². The number of carbonyl (C=O) groups excluding carboxylic acids is 1. The molecule has 3 heteroatoms. The number of nitrogens with two attached hydrogens (primary N) is 1. The van der Waals surface area contributed by atoms with Crippen LogP contribution in [0.25, 0.3) is 0 Å². The van der Waals surface area contributed by atoms with Gasteiger partial charge in [-0.25, -0.2) is 0 Å². The molecule has 0 unspecified atom stereocenters. The molecule has 0 saturated carbocycles. The van der Waals surface area contributed by atoms with E-state index in [0.29, 0.717) is 5.75 Å². The van der Waals surface area contributed by atoms with Crippen molar-refractivity contribution < 1.29 is 4.79 Å². The molecule has 0 aromatic heterocycles. The number of hydrogen-bond donors (Lipinski definition) is 2. The summed E-state index contributed by atoms with van der Waals surface area (Å²) in [6.45, 7) is 1.81. The second-order valence-electron chi connectivity index (χ2n) is 2.01. The molecule has 0 rings (SSSR count). The third-order valence-electron chi connectivity index (χ3n) is 1.14. The van der Waals surface area contributed by atoms with Crippen LogP contribution in [0.5, 0.6) is 0 Å². The number of rotatable bonds is 4. The van der Waals surface area contributed by atoms with E-state index in [1.165, 1.54) is 0 Å². The van der Waals surface area contributed by atoms with Crippen molar-refractivity contribution in [2.75, 3.05) is 5.75 Å². The van der Waals surface area contributed by atoms with Crippen LogP contribution >= 0.6 is 12.6 Å². The van der Waals surface area contributed by atoms with E-state index in [9.17, 15) is 4.79 Å². The van der Waals surface area contributed by atoms with Crippen molar-refractivity contribution in [1.29, 1.82) is 0 Å². The largest absolute Gasteiger partial charge is 0.369 e. The molecular weight excluding hydrogens is 134 g/mol. The maximum atomic E-state index is 10.4. The molecule has 0 aliphatic carbocycles. The molecular formula is C6H12NOS. The van der Waals surface area contributed by atoms with Crippen molar-refractivity contribution in [2.24, 2.45) is 11.7 Å². The lowest BCUT2D eigenvalue weighted by atomic mass is 10.1. The maximum Gasteiger partial charge on any atom is 0.220 e. The average Bonchev–Trinajstić information content (AvgIpc) is 1.82. The number of primary amides is 1. The van der Waals surface area contributed by atoms with Gasteiger partial charge in [0.25, 0.3) is 0 Å². The number of amides is 1. The van der Waals surface area contributed by atoms with Gasteiger partial charge in [-0.2, -0.15) is 12.6 Å². The van der Waals surface area contributed by atoms with Crippen molar-refractivity contribution in [3.63, 3.8) is 0 Å². The topological polar surface area (TPSA) is 43.1 Å². The molecule has 0 aliphatic heterocycles. The lowest BCUT2D eigenvalue weighted by Crippen LogP contribution is -2.20. The van der Waals surface area contributed by atoms with E-state index in [2.05, 4.69) is 12.6 Å². The minimum atomic E-state index is -0.243. The lowest BCUT2D eigenvalue weighted by Gasteiger charge is -2.02. The standard InChI is InChI=1S/C6H12NOS/c1-5(6(7)8)3-2-4-9/h2,5,9H,3-4H2,1H3,(H2,7,8)/t5-/m0/s1. The molecule has 1 amide bonds. The van der Waals surface area contributed by atoms with Gasteiger partial charge in [-0.3, -0.25) is 4.79 Å². The van der Waals surface area contributed by atoms with Crippen LogP contribution < -0.4 is 5.73 Å². The van der Waals surface area contributed by atoms with Crippen LogP contribution in [0.4, 0.5) is 0 Å². The lowest BCUT2D eigenvalue weighted by molar-refractivity contribution is -0.121. The fraction of sp³-hybridized carbons (Fsp3) is 0.667. The van der Waals surface area contributed by atoms with Crippen LogP contribution in [-0.2, 0) is 4.79 Å². The van der Waals surface area contributed by atoms with Gasteiger partial charge < -0.3 is 5.73 Å². The van der Waals surface area contributed by atoms with Gasteiger partial charge in [0.05, 0.1) is 0 Å². The molecule has 53 valence electrons. The summed E-state index contributed by atoms with van der Waals surface area (Å²) in [6, 6.07) is 0. The molecule has 0 bridgehead atoms. The molecule has 2 N–H and O–H groups in total. The molecule has 1 atom stereocenters. The molecule has 9 heavy (non-hydrogen) atoms. The summed E-state index contributed by atoms with van der Waals surface area (Å²) in [5, 5.41) is 0. The highest BCUT2D eigenvalue weighted by Crippen LogP contribution is 2.03. The smallest absolute Gasteiger partial charge is 0.220 e. The summed E-state index contributed by atoms with van der Waals surface area (Å²) in [6.07, 6.45) is 2.66. The van der Waals surface area contributed by atoms with E-state index in [0.717, 1.165) is 6.42 Å². The first kappa shape index (κ1) is 8.82. The molecule has 0 aromatic rings. The molecule has 0 saturated heterocycles. The number of thiol groups is 1. The van der Waals surface area contributed by atoms with Crippen LogP contribution in [0.2, 0.25) is 0 Å². The third kappa shape index (κ3) is 4.33. The second-order valence-corrected chi connectivity index (χ2v) is 2.38. The Balaban J connectivity index is 3.27. The van der Waals surface area contributed by atoms with Gasteiger partial charge in [0.15, 0.2) is 0 Å². The first-order chi connectivity index (χ1) is 4.18. The van der Waals surface area contributed by atoms with E-state index in [4.69, 9.17) is 5.73 Å². The zero-order valence-corrected chi connectivity index (χ0v) is 6.40. The fourth-order valence-corrected chi connectivity index (χ4v) is 0.590. The number of carbonyl (C=O) groups is 1. The summed E-state index contributed by atoms with van der Waals surface area (Å²) < 4.78 is 0. The Morgan fingerprint density at radius 3 is 2.78 bits per heavy atom. The highest BCUT2D eigenvalue weighted by Gasteiger charge is 2.06. The molecule has 0 spiro atoms. The fourth-order valence-electron chi connectivity index (χ4n) is 0.441. The van der Waals surface area contributed by atoms with E-state index in [-0.39, 0.29) is 11.8 Å². The van der Waals surface area contributed by atoms with E-state index in [1.54, 1.807) is 0 Å². The predicted molar refractivity (Wildman–Crippen MR) is 41.1 cm³/mol. The van der Waals surface area contributed by atoms with Crippen LogP contribution in [-0.4, -0.2) is 11.7 Å². The van der Waals surface area contributed by atoms with Crippen LogP contribution in [0.3, 0.4) is 0 Å². The molecule has 1 radical (unpaired) electrons. The summed E-state index contributed by atoms with van der Waals surface area (Å²) in [5.41, 5.74) is 4.99. The summed E-state index contributed by atoms with van der Waals surface area (Å²) in [4.78, 5) is 10.4. The Hall–Kier alpha value is -0.180. The summed E-state index contributed by atoms with van der Waals surface area (Å²) in [5.74, 6) is 0.419. The summed E-state index contributed by atoms with van der Waals surface area (Å²) >= 11 is 3.96. The zero-order chi connectivity index (χ0) is 7.28. The van der Waals surface area contributed by atoms with Crippen molar-refractivity contribution in [3.8, 4) is 0 Å². The average molecular weight is 146 g/mol. The van der Waals surface area contributed by atoms with Crippen molar-refractivity contribution >= 4 is 18.5 Å². The van der Waals surface area contributed by atoms with Gasteiger partial charge in [-0.05, 0) is 18.6 Å². The zero-order valence-electron chi connectivity index (χ0n) is 5.50. The predicted octanol–water partition coefficient (Wildman–Crippen LogP) is 0.632. The SMILES string of the molecule is C[C@@H](C[CH]CS)C(N)=O. The maximum absolute atomic E-state index is 10.4. The monoisotopic (exact) mass is 146 g/mol. The minimum absolute atomic E-state index is 0.0443. The van der Waals surface area contributed by atoms with E-state index in [1.807, 2.05) is 13.3 Å². The normalized spacial score (nSPS) is 13.1. The Kier molecular flexibility index (Phi) is 4.58. The Bertz CT molecular complexity index is 95.1. The highest BCUT2D eigenvalue weighted by atomic mass is 32.1. The quantitative estimate of drug-likeness (QED) is 0.561. The first-order valence-electron chi connectivity index (χ1n) is 2.90. The Morgan fingerprint density at radius 1 is 1.89 bits per heavy atom. The van der Waals surface area contributed by atoms with Crippen molar-refractivity contribution in [1.82, 2.24) is 0 Å². The molecule has 0 heterocycles. The second kappa shape index (κ2) is 4.68. The van der Waals surface area contributed by atoms with Gasteiger partial charge in [0.1, 0.15) is 0 Å². The first-order valence-corrected chi connectivity index (χ1v) is 3.53. The van der Waals surface area contributed by atoms with Crippen LogP contribution in [0.1, 0.15) is 13.3 Å². The van der Waals surface area contributed by atoms with Crippen molar-refractivity contribution in [3.05, 3.63) is 6.42 Å². The molecule has 0 fully saturated rings. The third-order valence-corrected chi connectivity index (χ3v) is 1.39. The van der Waals surface area contributed by atoms with E-state index < -0.39 is 0 Å². The van der Waals surface area contributed by atoms with Crippen LogP contribution in [0, 0.1) is 12.3 Å². The molecule has 0 aromatic carbocycles. The van der Waals surface area contributed by atoms with Gasteiger partial charge in [0, 0.05) is 5.92 Å². The minimum Gasteiger partial charge on any atom is -0.369 e. The molecule has 0 aliphatic rings. The highest BCUT2D eigenvalue weighted by molar-refractivity contribution is 7.80. The van der Waals surface area contributed by atoms with Crippen LogP contribution in [0.15, 0.2) is 0 Å². The van der Waals surface area contributed by atoms with E-state index >= 15 is 0 Å². The number of hydrogen-bond acceptors (Lipinski definition) is 2. The Morgan fingerprint density at radius 2 is 2.44 bits per heavy atom. The van der Waals surface area contributed by atoms with Gasteiger partial charge in [-0.1, -0.05) is 6.92 Å². The molecule has 2 nitrogen and oxygen atoms in total. The Labute approximate surface area is 61.2 Å². The summed E-state index contributed by atoms with van der Waals surface area (Å²) in [7, 11) is 0. The van der Waals surface area contributed by atoms with Gasteiger partial charge in [0.2, 0.25) is 5.91 Å². The van der Waals surface area contributed by atoms with Gasteiger partial charge in [-0.15, -0.1) is 0 Å².